The molecule has 14 heavy (non-hydrogen) atoms. The predicted molar refractivity (Wildman–Crippen MR) is 59.7 cm³/mol. The molecule has 1 unspecified atom stereocenters. The minimum absolute atomic E-state index is 0.794. The second-order valence-electron chi connectivity index (χ2n) is 2.69. The number of aromatic nitrogens is 1. The minimum atomic E-state index is -1.13. The predicted octanol–water partition coefficient (Wildman–Crippen LogP) is 3.88. The molecule has 2 aromatic rings. The van der Waals surface area contributed by atoms with Crippen LogP contribution in [0.4, 0.5) is 0 Å². The standard InChI is InChI=1S/C10H9ClNOP/c11-14(12-8-4-5-9-12)13-10-6-2-1-3-7-10/h1-9H. The van der Waals surface area contributed by atoms with Crippen molar-refractivity contribution >= 4 is 18.9 Å². The maximum absolute atomic E-state index is 6.09. The molecule has 1 aromatic heterocycles. The van der Waals surface area contributed by atoms with Crippen molar-refractivity contribution in [3.8, 4) is 5.75 Å². The van der Waals surface area contributed by atoms with Crippen molar-refractivity contribution in [2.45, 2.75) is 0 Å². The van der Waals surface area contributed by atoms with Crippen molar-refractivity contribution in [3.63, 3.8) is 0 Å². The fourth-order valence-electron chi connectivity index (χ4n) is 1.05. The van der Waals surface area contributed by atoms with Crippen molar-refractivity contribution in [2.24, 2.45) is 0 Å². The van der Waals surface area contributed by atoms with Gasteiger partial charge in [0.25, 0.3) is 7.65 Å². The Morgan fingerprint density at radius 3 is 2.29 bits per heavy atom. The lowest BCUT2D eigenvalue weighted by Crippen LogP contribution is -1.89. The molecule has 1 heterocycles. The zero-order valence-electron chi connectivity index (χ0n) is 7.38. The number of hydrogen-bond acceptors (Lipinski definition) is 1. The summed E-state index contributed by atoms with van der Waals surface area (Å²) >= 11 is 6.09. The molecule has 1 atom stereocenters. The summed E-state index contributed by atoms with van der Waals surface area (Å²) in [7, 11) is -1.13. The molecule has 0 aliphatic carbocycles. The van der Waals surface area contributed by atoms with Crippen molar-refractivity contribution in [3.05, 3.63) is 54.9 Å². The SMILES string of the molecule is ClP(Oc1ccccc1)n1cccc1. The molecule has 0 saturated carbocycles. The van der Waals surface area contributed by atoms with E-state index in [1.807, 2.05) is 59.2 Å². The second kappa shape index (κ2) is 4.50. The van der Waals surface area contributed by atoms with Crippen LogP contribution in [-0.2, 0) is 0 Å². The quantitative estimate of drug-likeness (QED) is 0.723. The molecule has 0 N–H and O–H groups in total. The van der Waals surface area contributed by atoms with Crippen LogP contribution in [0.15, 0.2) is 54.9 Å². The molecule has 0 fully saturated rings. The fourth-order valence-corrected chi connectivity index (χ4v) is 2.34. The third-order valence-electron chi connectivity index (χ3n) is 1.69. The fraction of sp³-hybridized carbons (Fsp3) is 0. The van der Waals surface area contributed by atoms with Crippen LogP contribution >= 0.6 is 18.9 Å². The van der Waals surface area contributed by atoms with E-state index in [1.165, 1.54) is 0 Å². The Bertz CT molecular complexity index is 376. The molecular formula is C10H9ClNOP. The van der Waals surface area contributed by atoms with Crippen LogP contribution in [0.3, 0.4) is 0 Å². The van der Waals surface area contributed by atoms with Crippen LogP contribution < -0.4 is 4.52 Å². The van der Waals surface area contributed by atoms with Gasteiger partial charge < -0.3 is 4.52 Å². The molecule has 4 heteroatoms. The first-order chi connectivity index (χ1) is 6.86. The summed E-state index contributed by atoms with van der Waals surface area (Å²) in [5.74, 6) is 0.794. The summed E-state index contributed by atoms with van der Waals surface area (Å²) < 4.78 is 7.40. The third-order valence-corrected chi connectivity index (χ3v) is 3.42. The molecule has 72 valence electrons. The Morgan fingerprint density at radius 2 is 1.64 bits per heavy atom. The first-order valence-electron chi connectivity index (χ1n) is 4.18. The van der Waals surface area contributed by atoms with Crippen molar-refractivity contribution in [2.75, 3.05) is 0 Å². The van der Waals surface area contributed by atoms with Gasteiger partial charge in [0, 0.05) is 12.4 Å². The normalized spacial score (nSPS) is 12.4. The van der Waals surface area contributed by atoms with E-state index < -0.39 is 7.65 Å². The molecule has 0 radical (unpaired) electrons. The van der Waals surface area contributed by atoms with E-state index in [-0.39, 0.29) is 0 Å². The molecule has 1 aromatic carbocycles. The molecule has 2 rings (SSSR count). The molecule has 0 spiro atoms. The Hall–Kier alpha value is -0.980. The maximum atomic E-state index is 6.09. The highest BCUT2D eigenvalue weighted by molar-refractivity contribution is 7.79. The Kier molecular flexibility index (Phi) is 3.07. The van der Waals surface area contributed by atoms with Crippen molar-refractivity contribution in [1.29, 1.82) is 0 Å². The summed E-state index contributed by atoms with van der Waals surface area (Å²) in [5, 5.41) is 0. The molecule has 2 nitrogen and oxygen atoms in total. The van der Waals surface area contributed by atoms with Crippen molar-refractivity contribution in [1.82, 2.24) is 4.34 Å². The van der Waals surface area contributed by atoms with Gasteiger partial charge in [-0.3, -0.25) is 4.34 Å². The number of para-hydroxylation sites is 1. The van der Waals surface area contributed by atoms with E-state index in [2.05, 4.69) is 0 Å². The number of hydrogen-bond donors (Lipinski definition) is 0. The zero-order valence-corrected chi connectivity index (χ0v) is 9.03. The molecule has 0 bridgehead atoms. The third kappa shape index (κ3) is 2.28. The molecular weight excluding hydrogens is 217 g/mol. The first-order valence-corrected chi connectivity index (χ1v) is 6.30. The van der Waals surface area contributed by atoms with Crippen LogP contribution in [-0.4, -0.2) is 4.34 Å². The average Bonchev–Trinajstić information content (AvgIpc) is 2.72. The van der Waals surface area contributed by atoms with Crippen LogP contribution in [0.25, 0.3) is 0 Å². The Balaban J connectivity index is 2.06. The number of halogens is 1. The lowest BCUT2D eigenvalue weighted by Gasteiger charge is -2.11. The van der Waals surface area contributed by atoms with Crippen LogP contribution in [0.2, 0.25) is 0 Å². The first kappa shape index (κ1) is 9.57. The average molecular weight is 226 g/mol. The molecule has 0 saturated heterocycles. The van der Waals surface area contributed by atoms with Gasteiger partial charge in [0.15, 0.2) is 0 Å². The summed E-state index contributed by atoms with van der Waals surface area (Å²) in [5.41, 5.74) is 0. The van der Waals surface area contributed by atoms with Crippen molar-refractivity contribution < 1.29 is 4.52 Å². The largest absolute Gasteiger partial charge is 0.440 e. The Morgan fingerprint density at radius 1 is 1.00 bits per heavy atom. The smallest absolute Gasteiger partial charge is 0.300 e. The molecule has 0 aliphatic rings. The second-order valence-corrected chi connectivity index (χ2v) is 4.66. The van der Waals surface area contributed by atoms with Gasteiger partial charge in [-0.2, -0.15) is 0 Å². The number of rotatable bonds is 3. The number of benzene rings is 1. The van der Waals surface area contributed by atoms with Gasteiger partial charge in [0.2, 0.25) is 0 Å². The van der Waals surface area contributed by atoms with Crippen LogP contribution in [0.5, 0.6) is 5.75 Å². The molecule has 0 amide bonds. The van der Waals surface area contributed by atoms with E-state index in [9.17, 15) is 0 Å². The highest BCUT2D eigenvalue weighted by Crippen LogP contribution is 2.44. The highest BCUT2D eigenvalue weighted by atomic mass is 35.7. The van der Waals surface area contributed by atoms with E-state index in [1.54, 1.807) is 0 Å². The monoisotopic (exact) mass is 225 g/mol. The van der Waals surface area contributed by atoms with E-state index >= 15 is 0 Å². The lowest BCUT2D eigenvalue weighted by atomic mass is 10.3. The van der Waals surface area contributed by atoms with Crippen LogP contribution in [0, 0.1) is 0 Å². The number of nitrogens with zero attached hydrogens (tertiary/aromatic N) is 1. The summed E-state index contributed by atoms with van der Waals surface area (Å²) in [4.78, 5) is 0. The maximum Gasteiger partial charge on any atom is 0.300 e. The van der Waals surface area contributed by atoms with Gasteiger partial charge in [0.05, 0.1) is 0 Å². The van der Waals surface area contributed by atoms with Gasteiger partial charge >= 0.3 is 0 Å². The minimum Gasteiger partial charge on any atom is -0.440 e. The van der Waals surface area contributed by atoms with Gasteiger partial charge in [-0.15, -0.1) is 0 Å². The highest BCUT2D eigenvalue weighted by Gasteiger charge is 2.07. The van der Waals surface area contributed by atoms with E-state index in [0.29, 0.717) is 0 Å². The zero-order chi connectivity index (χ0) is 9.80. The van der Waals surface area contributed by atoms with Crippen LogP contribution in [0.1, 0.15) is 0 Å². The van der Waals surface area contributed by atoms with Gasteiger partial charge in [-0.05, 0) is 35.5 Å². The topological polar surface area (TPSA) is 14.2 Å². The summed E-state index contributed by atoms with van der Waals surface area (Å²) in [6.07, 6.45) is 3.78. The summed E-state index contributed by atoms with van der Waals surface area (Å²) in [6.45, 7) is 0. The summed E-state index contributed by atoms with van der Waals surface area (Å²) in [6, 6.07) is 13.4. The lowest BCUT2D eigenvalue weighted by molar-refractivity contribution is 0.617. The van der Waals surface area contributed by atoms with Gasteiger partial charge in [0.1, 0.15) is 5.75 Å². The van der Waals surface area contributed by atoms with E-state index in [4.69, 9.17) is 15.8 Å². The van der Waals surface area contributed by atoms with Gasteiger partial charge in [-0.25, -0.2) is 0 Å². The molecule has 0 aliphatic heterocycles. The Labute approximate surface area is 88.8 Å². The van der Waals surface area contributed by atoms with E-state index in [0.717, 1.165) is 5.75 Å². The van der Waals surface area contributed by atoms with Gasteiger partial charge in [-0.1, -0.05) is 18.2 Å².